The van der Waals surface area contributed by atoms with Crippen molar-refractivity contribution in [1.82, 2.24) is 5.32 Å². The lowest BCUT2D eigenvalue weighted by Crippen LogP contribution is -2.25. The van der Waals surface area contributed by atoms with Crippen molar-refractivity contribution in [2.45, 2.75) is 26.8 Å². The number of halogens is 1. The van der Waals surface area contributed by atoms with Crippen molar-refractivity contribution in [2.75, 3.05) is 13.2 Å². The fourth-order valence-electron chi connectivity index (χ4n) is 1.51. The first-order valence-corrected chi connectivity index (χ1v) is 5.86. The molecule has 0 radical (unpaired) electrons. The molecule has 1 amide bonds. The Morgan fingerprint density at radius 1 is 1.44 bits per heavy atom. The number of amides is 1. The molecular weight excluding hydrogens is 252 g/mol. The van der Waals surface area contributed by atoms with E-state index in [9.17, 15) is 4.79 Å². The first kappa shape index (κ1) is 16.7. The lowest BCUT2D eigenvalue weighted by Gasteiger charge is -2.11. The average Bonchev–Trinajstić information content (AvgIpc) is 2.29. The zero-order chi connectivity index (χ0) is 12.7. The standard InChI is InChI=1S/C13H20N2O2.ClH/c1-3-17-12-8-10(2)4-5-11(12)9-15-13(16)6-7-14;/h4-5,8H,3,6-7,9,14H2,1-2H3,(H,15,16);1H. The summed E-state index contributed by atoms with van der Waals surface area (Å²) < 4.78 is 5.53. The molecule has 0 bridgehead atoms. The summed E-state index contributed by atoms with van der Waals surface area (Å²) in [6.45, 7) is 5.43. The number of carbonyl (C=O) groups is 1. The number of carbonyl (C=O) groups excluding carboxylic acids is 1. The fourth-order valence-corrected chi connectivity index (χ4v) is 1.51. The van der Waals surface area contributed by atoms with Crippen molar-refractivity contribution >= 4 is 18.3 Å². The van der Waals surface area contributed by atoms with Crippen LogP contribution >= 0.6 is 12.4 Å². The summed E-state index contributed by atoms with van der Waals surface area (Å²) in [5.41, 5.74) is 7.44. The second-order valence-electron chi connectivity index (χ2n) is 3.86. The van der Waals surface area contributed by atoms with Crippen molar-refractivity contribution in [3.05, 3.63) is 29.3 Å². The van der Waals surface area contributed by atoms with E-state index in [-0.39, 0.29) is 18.3 Å². The van der Waals surface area contributed by atoms with E-state index < -0.39 is 0 Å². The van der Waals surface area contributed by atoms with Crippen molar-refractivity contribution in [3.8, 4) is 5.75 Å². The van der Waals surface area contributed by atoms with E-state index in [1.807, 2.05) is 32.0 Å². The van der Waals surface area contributed by atoms with Gasteiger partial charge in [-0.15, -0.1) is 12.4 Å². The second kappa shape index (κ2) is 8.78. The number of ether oxygens (including phenoxy) is 1. The quantitative estimate of drug-likeness (QED) is 0.830. The SMILES string of the molecule is CCOc1cc(C)ccc1CNC(=O)CCN.Cl. The Bertz CT molecular complexity index is 383. The van der Waals surface area contributed by atoms with Crippen LogP contribution in [-0.4, -0.2) is 19.1 Å². The maximum Gasteiger partial charge on any atom is 0.221 e. The largest absolute Gasteiger partial charge is 0.494 e. The van der Waals surface area contributed by atoms with Gasteiger partial charge in [-0.2, -0.15) is 0 Å². The number of hydrogen-bond donors (Lipinski definition) is 2. The van der Waals surface area contributed by atoms with Crippen molar-refractivity contribution in [1.29, 1.82) is 0 Å². The summed E-state index contributed by atoms with van der Waals surface area (Å²) >= 11 is 0. The van der Waals surface area contributed by atoms with Gasteiger partial charge in [0.1, 0.15) is 5.75 Å². The molecule has 4 nitrogen and oxygen atoms in total. The van der Waals surface area contributed by atoms with Crippen LogP contribution in [0, 0.1) is 6.92 Å². The van der Waals surface area contributed by atoms with Crippen molar-refractivity contribution in [3.63, 3.8) is 0 Å². The lowest BCUT2D eigenvalue weighted by atomic mass is 10.1. The molecule has 1 rings (SSSR count). The van der Waals surface area contributed by atoms with E-state index in [0.717, 1.165) is 16.9 Å². The number of rotatable bonds is 6. The number of hydrogen-bond acceptors (Lipinski definition) is 3. The molecule has 0 atom stereocenters. The molecule has 0 aliphatic rings. The normalized spacial score (nSPS) is 9.50. The second-order valence-corrected chi connectivity index (χ2v) is 3.86. The maximum absolute atomic E-state index is 11.3. The van der Waals surface area contributed by atoms with Crippen LogP contribution in [0.3, 0.4) is 0 Å². The van der Waals surface area contributed by atoms with E-state index in [2.05, 4.69) is 5.32 Å². The van der Waals surface area contributed by atoms with Crippen LogP contribution in [0.1, 0.15) is 24.5 Å². The molecule has 0 saturated carbocycles. The summed E-state index contributed by atoms with van der Waals surface area (Å²) in [5, 5.41) is 2.82. The highest BCUT2D eigenvalue weighted by molar-refractivity contribution is 5.85. The number of nitrogens with one attached hydrogen (secondary N) is 1. The van der Waals surface area contributed by atoms with Crippen LogP contribution in [0.4, 0.5) is 0 Å². The van der Waals surface area contributed by atoms with Crippen molar-refractivity contribution < 1.29 is 9.53 Å². The Morgan fingerprint density at radius 3 is 2.78 bits per heavy atom. The van der Waals surface area contributed by atoms with Crippen LogP contribution in [0.15, 0.2) is 18.2 Å². The minimum absolute atomic E-state index is 0. The Balaban J connectivity index is 0.00000289. The summed E-state index contributed by atoms with van der Waals surface area (Å²) in [5.74, 6) is 0.802. The third-order valence-electron chi connectivity index (χ3n) is 2.37. The molecule has 0 unspecified atom stereocenters. The molecule has 3 N–H and O–H groups in total. The zero-order valence-corrected chi connectivity index (χ0v) is 11.7. The van der Waals surface area contributed by atoms with Gasteiger partial charge in [-0.3, -0.25) is 4.79 Å². The van der Waals surface area contributed by atoms with Crippen LogP contribution in [0.25, 0.3) is 0 Å². The van der Waals surface area contributed by atoms with E-state index in [4.69, 9.17) is 10.5 Å². The predicted molar refractivity (Wildman–Crippen MR) is 75.1 cm³/mol. The van der Waals surface area contributed by atoms with Gasteiger partial charge in [0.25, 0.3) is 0 Å². The smallest absolute Gasteiger partial charge is 0.221 e. The van der Waals surface area contributed by atoms with E-state index in [1.54, 1.807) is 0 Å². The van der Waals surface area contributed by atoms with E-state index >= 15 is 0 Å². The molecular formula is C13H21ClN2O2. The number of nitrogens with two attached hydrogens (primary N) is 1. The van der Waals surface area contributed by atoms with Gasteiger partial charge in [0.05, 0.1) is 6.61 Å². The van der Waals surface area contributed by atoms with Gasteiger partial charge in [0.15, 0.2) is 0 Å². The minimum Gasteiger partial charge on any atom is -0.494 e. The third kappa shape index (κ3) is 5.38. The molecule has 1 aromatic carbocycles. The molecule has 0 aromatic heterocycles. The maximum atomic E-state index is 11.3. The molecule has 1 aromatic rings. The molecule has 102 valence electrons. The predicted octanol–water partition coefficient (Wildman–Crippen LogP) is 1.78. The molecule has 0 fully saturated rings. The van der Waals surface area contributed by atoms with Gasteiger partial charge in [0.2, 0.25) is 5.91 Å². The Kier molecular flexibility index (Phi) is 8.16. The number of benzene rings is 1. The first-order chi connectivity index (χ1) is 8.17. The topological polar surface area (TPSA) is 64.3 Å². The lowest BCUT2D eigenvalue weighted by molar-refractivity contribution is -0.121. The highest BCUT2D eigenvalue weighted by atomic mass is 35.5. The molecule has 0 aliphatic carbocycles. The average molecular weight is 273 g/mol. The summed E-state index contributed by atoms with van der Waals surface area (Å²) in [6, 6.07) is 5.96. The molecule has 5 heteroatoms. The molecule has 18 heavy (non-hydrogen) atoms. The molecule has 0 aliphatic heterocycles. The Morgan fingerprint density at radius 2 is 2.17 bits per heavy atom. The molecule has 0 heterocycles. The minimum atomic E-state index is -0.0319. The highest BCUT2D eigenvalue weighted by Gasteiger charge is 2.05. The number of aryl methyl sites for hydroxylation is 1. The van der Waals surface area contributed by atoms with Crippen LogP contribution < -0.4 is 15.8 Å². The first-order valence-electron chi connectivity index (χ1n) is 5.86. The summed E-state index contributed by atoms with van der Waals surface area (Å²) in [6.07, 6.45) is 0.357. The zero-order valence-electron chi connectivity index (χ0n) is 10.9. The Hall–Kier alpha value is -1.26. The van der Waals surface area contributed by atoms with Crippen LogP contribution in [0.2, 0.25) is 0 Å². The van der Waals surface area contributed by atoms with Gasteiger partial charge >= 0.3 is 0 Å². The van der Waals surface area contributed by atoms with Gasteiger partial charge in [-0.25, -0.2) is 0 Å². The summed E-state index contributed by atoms with van der Waals surface area (Å²) in [4.78, 5) is 11.3. The van der Waals surface area contributed by atoms with E-state index in [1.165, 1.54) is 0 Å². The molecule has 0 saturated heterocycles. The Labute approximate surface area is 114 Å². The summed E-state index contributed by atoms with van der Waals surface area (Å²) in [7, 11) is 0. The van der Waals surface area contributed by atoms with Gasteiger partial charge < -0.3 is 15.8 Å². The molecule has 0 spiro atoms. The van der Waals surface area contributed by atoms with Gasteiger partial charge in [-0.05, 0) is 25.5 Å². The third-order valence-corrected chi connectivity index (χ3v) is 2.37. The highest BCUT2D eigenvalue weighted by Crippen LogP contribution is 2.20. The van der Waals surface area contributed by atoms with Crippen LogP contribution in [-0.2, 0) is 11.3 Å². The van der Waals surface area contributed by atoms with Gasteiger partial charge in [-0.1, -0.05) is 12.1 Å². The fraction of sp³-hybridized carbons (Fsp3) is 0.462. The van der Waals surface area contributed by atoms with E-state index in [0.29, 0.717) is 26.1 Å². The van der Waals surface area contributed by atoms with Crippen LogP contribution in [0.5, 0.6) is 5.75 Å². The van der Waals surface area contributed by atoms with Gasteiger partial charge in [0, 0.05) is 25.1 Å². The monoisotopic (exact) mass is 272 g/mol. The van der Waals surface area contributed by atoms with Crippen molar-refractivity contribution in [2.24, 2.45) is 5.73 Å².